The van der Waals surface area contributed by atoms with E-state index in [2.05, 4.69) is 0 Å². The molecule has 0 atom stereocenters. The Bertz CT molecular complexity index is 387. The summed E-state index contributed by atoms with van der Waals surface area (Å²) in [6, 6.07) is 4.50. The lowest BCUT2D eigenvalue weighted by molar-refractivity contribution is 0.0730. The highest BCUT2D eigenvalue weighted by atomic mass is 19.1. The number of nitrogens with zero attached hydrogens (tertiary/aromatic N) is 1. The number of halogens is 1. The summed E-state index contributed by atoms with van der Waals surface area (Å²) in [6.45, 7) is 4.45. The second-order valence-corrected chi connectivity index (χ2v) is 3.83. The van der Waals surface area contributed by atoms with Crippen molar-refractivity contribution in [2.75, 3.05) is 0 Å². The van der Waals surface area contributed by atoms with Gasteiger partial charge in [-0.15, -0.1) is 0 Å². The van der Waals surface area contributed by atoms with Gasteiger partial charge in [0.15, 0.2) is 0 Å². The Morgan fingerprint density at radius 3 is 2.79 bits per heavy atom. The van der Waals surface area contributed by atoms with Crippen LogP contribution in [0.3, 0.4) is 0 Å². The molecule has 2 nitrogen and oxygen atoms in total. The van der Waals surface area contributed by atoms with Crippen molar-refractivity contribution in [3.63, 3.8) is 0 Å². The van der Waals surface area contributed by atoms with Crippen molar-refractivity contribution >= 4 is 5.91 Å². The van der Waals surface area contributed by atoms with Crippen LogP contribution >= 0.6 is 0 Å². The molecular formula is C11H12FNO. The highest BCUT2D eigenvalue weighted by molar-refractivity contribution is 5.98. The van der Waals surface area contributed by atoms with Crippen LogP contribution in [0.1, 0.15) is 29.8 Å². The molecule has 3 heteroatoms. The average Bonchev–Trinajstić information content (AvgIpc) is 2.43. The first-order valence-corrected chi connectivity index (χ1v) is 4.69. The fourth-order valence-electron chi connectivity index (χ4n) is 1.73. The van der Waals surface area contributed by atoms with E-state index in [0.717, 1.165) is 5.56 Å². The molecule has 0 fully saturated rings. The van der Waals surface area contributed by atoms with E-state index in [9.17, 15) is 9.18 Å². The molecule has 1 aliphatic rings. The Labute approximate surface area is 82.3 Å². The van der Waals surface area contributed by atoms with Crippen molar-refractivity contribution < 1.29 is 9.18 Å². The van der Waals surface area contributed by atoms with Gasteiger partial charge in [-0.25, -0.2) is 4.39 Å². The largest absolute Gasteiger partial charge is 0.332 e. The molecule has 1 aliphatic heterocycles. The Morgan fingerprint density at radius 1 is 1.43 bits per heavy atom. The van der Waals surface area contributed by atoms with Crippen LogP contribution in [-0.4, -0.2) is 16.8 Å². The first-order chi connectivity index (χ1) is 6.59. The van der Waals surface area contributed by atoms with Crippen LogP contribution in [0, 0.1) is 5.82 Å². The summed E-state index contributed by atoms with van der Waals surface area (Å²) < 4.78 is 12.9. The molecule has 0 aromatic heterocycles. The molecule has 0 aliphatic carbocycles. The van der Waals surface area contributed by atoms with Gasteiger partial charge >= 0.3 is 0 Å². The molecule has 74 valence electrons. The van der Waals surface area contributed by atoms with Gasteiger partial charge in [0.2, 0.25) is 0 Å². The van der Waals surface area contributed by atoms with E-state index in [1.807, 2.05) is 13.8 Å². The molecule has 0 saturated carbocycles. The molecule has 1 aromatic carbocycles. The third kappa shape index (κ3) is 1.29. The van der Waals surface area contributed by atoms with Gasteiger partial charge < -0.3 is 4.90 Å². The standard InChI is InChI=1S/C11H12FNO/c1-7(2)13-6-8-5-9(12)3-4-10(8)11(13)14/h3-5,7H,6H2,1-2H3. The number of hydrogen-bond donors (Lipinski definition) is 0. The molecule has 0 unspecified atom stereocenters. The van der Waals surface area contributed by atoms with Gasteiger partial charge in [-0.3, -0.25) is 4.79 Å². The summed E-state index contributed by atoms with van der Waals surface area (Å²) in [4.78, 5) is 13.5. The predicted octanol–water partition coefficient (Wildman–Crippen LogP) is 2.19. The molecule has 1 heterocycles. The van der Waals surface area contributed by atoms with E-state index >= 15 is 0 Å². The van der Waals surface area contributed by atoms with Crippen LogP contribution in [0.2, 0.25) is 0 Å². The average molecular weight is 193 g/mol. The fraction of sp³-hybridized carbons (Fsp3) is 0.364. The highest BCUT2D eigenvalue weighted by Gasteiger charge is 2.28. The van der Waals surface area contributed by atoms with Crippen LogP contribution in [0.15, 0.2) is 18.2 Å². The lowest BCUT2D eigenvalue weighted by Gasteiger charge is -2.19. The molecule has 0 bridgehead atoms. The van der Waals surface area contributed by atoms with Crippen molar-refractivity contribution in [1.82, 2.24) is 4.90 Å². The van der Waals surface area contributed by atoms with Crippen molar-refractivity contribution in [2.45, 2.75) is 26.4 Å². The van der Waals surface area contributed by atoms with Crippen LogP contribution in [0.25, 0.3) is 0 Å². The highest BCUT2D eigenvalue weighted by Crippen LogP contribution is 2.24. The molecule has 0 N–H and O–H groups in total. The molecule has 1 amide bonds. The first-order valence-electron chi connectivity index (χ1n) is 4.69. The van der Waals surface area contributed by atoms with Gasteiger partial charge in [-0.1, -0.05) is 0 Å². The van der Waals surface area contributed by atoms with Gasteiger partial charge in [0.05, 0.1) is 0 Å². The minimum absolute atomic E-state index is 0.00926. The Morgan fingerprint density at radius 2 is 2.14 bits per heavy atom. The molecular weight excluding hydrogens is 181 g/mol. The van der Waals surface area contributed by atoms with Crippen LogP contribution in [0.5, 0.6) is 0 Å². The van der Waals surface area contributed by atoms with E-state index < -0.39 is 0 Å². The normalized spacial score (nSPS) is 15.1. The van der Waals surface area contributed by atoms with Gasteiger partial charge in [0.1, 0.15) is 5.82 Å². The van der Waals surface area contributed by atoms with Gasteiger partial charge in [0, 0.05) is 18.2 Å². The summed E-state index contributed by atoms with van der Waals surface area (Å²) in [5.41, 5.74) is 1.43. The van der Waals surface area contributed by atoms with Gasteiger partial charge in [0.25, 0.3) is 5.91 Å². The second kappa shape index (κ2) is 3.08. The summed E-state index contributed by atoms with van der Waals surface area (Å²) in [5.74, 6) is -0.267. The molecule has 2 rings (SSSR count). The summed E-state index contributed by atoms with van der Waals surface area (Å²) in [5, 5.41) is 0. The number of carbonyl (C=O) groups is 1. The smallest absolute Gasteiger partial charge is 0.254 e. The van der Waals surface area contributed by atoms with Crippen LogP contribution < -0.4 is 0 Å². The number of rotatable bonds is 1. The zero-order valence-corrected chi connectivity index (χ0v) is 8.25. The maximum atomic E-state index is 12.9. The molecule has 0 spiro atoms. The van der Waals surface area contributed by atoms with E-state index in [1.165, 1.54) is 12.1 Å². The third-order valence-corrected chi connectivity index (χ3v) is 2.52. The monoisotopic (exact) mass is 193 g/mol. The van der Waals surface area contributed by atoms with Crippen molar-refractivity contribution in [3.05, 3.63) is 35.1 Å². The molecule has 1 aromatic rings. The lowest BCUT2D eigenvalue weighted by atomic mass is 10.1. The van der Waals surface area contributed by atoms with E-state index in [0.29, 0.717) is 12.1 Å². The quantitative estimate of drug-likeness (QED) is 0.669. The summed E-state index contributed by atoms with van der Waals surface area (Å²) in [6.07, 6.45) is 0. The first kappa shape index (κ1) is 9.19. The van der Waals surface area contributed by atoms with Crippen molar-refractivity contribution in [3.8, 4) is 0 Å². The van der Waals surface area contributed by atoms with E-state index in [-0.39, 0.29) is 17.8 Å². The minimum atomic E-state index is -0.276. The zero-order chi connectivity index (χ0) is 10.3. The Balaban J connectivity index is 2.40. The van der Waals surface area contributed by atoms with E-state index in [4.69, 9.17) is 0 Å². The maximum absolute atomic E-state index is 12.9. The van der Waals surface area contributed by atoms with E-state index in [1.54, 1.807) is 11.0 Å². The second-order valence-electron chi connectivity index (χ2n) is 3.83. The SMILES string of the molecule is CC(C)N1Cc2cc(F)ccc2C1=O. The van der Waals surface area contributed by atoms with Crippen LogP contribution in [0.4, 0.5) is 4.39 Å². The Kier molecular flexibility index (Phi) is 2.02. The number of amides is 1. The van der Waals surface area contributed by atoms with Crippen molar-refractivity contribution in [2.24, 2.45) is 0 Å². The Hall–Kier alpha value is -1.38. The van der Waals surface area contributed by atoms with Gasteiger partial charge in [-0.2, -0.15) is 0 Å². The lowest BCUT2D eigenvalue weighted by Crippen LogP contribution is -2.30. The third-order valence-electron chi connectivity index (χ3n) is 2.52. The molecule has 0 saturated heterocycles. The molecule has 14 heavy (non-hydrogen) atoms. The number of hydrogen-bond acceptors (Lipinski definition) is 1. The molecule has 0 radical (unpaired) electrons. The number of benzene rings is 1. The van der Waals surface area contributed by atoms with Gasteiger partial charge in [-0.05, 0) is 37.6 Å². The summed E-state index contributed by atoms with van der Waals surface area (Å²) in [7, 11) is 0. The predicted molar refractivity (Wildman–Crippen MR) is 51.4 cm³/mol. The zero-order valence-electron chi connectivity index (χ0n) is 8.25. The van der Waals surface area contributed by atoms with Crippen LogP contribution in [-0.2, 0) is 6.54 Å². The van der Waals surface area contributed by atoms with Crippen molar-refractivity contribution in [1.29, 1.82) is 0 Å². The maximum Gasteiger partial charge on any atom is 0.254 e. The summed E-state index contributed by atoms with van der Waals surface area (Å²) >= 11 is 0. The topological polar surface area (TPSA) is 20.3 Å². The fourth-order valence-corrected chi connectivity index (χ4v) is 1.73. The number of fused-ring (bicyclic) bond motifs is 1. The number of carbonyl (C=O) groups excluding carboxylic acids is 1. The minimum Gasteiger partial charge on any atom is -0.332 e.